The molecule has 2 heterocycles. The minimum absolute atomic E-state index is 0.00238. The number of guanidine groups is 1. The van der Waals surface area contributed by atoms with E-state index in [9.17, 15) is 4.79 Å². The molecule has 1 aliphatic heterocycles. The van der Waals surface area contributed by atoms with Crippen LogP contribution in [0.25, 0.3) is 0 Å². The van der Waals surface area contributed by atoms with Crippen LogP contribution >= 0.6 is 11.3 Å². The Morgan fingerprint density at radius 2 is 2.00 bits per heavy atom. The number of piperazine rings is 1. The number of thiophene rings is 1. The SMILES string of the molecule is COc1cccc(N2CCN(C(=NCC(=O)N(C)C)NCCc3cccs3)CC2)c1. The van der Waals surface area contributed by atoms with E-state index in [1.165, 1.54) is 10.6 Å². The average Bonchev–Trinajstić information content (AvgIpc) is 3.29. The molecule has 30 heavy (non-hydrogen) atoms. The number of carbonyl (C=O) groups is 1. The van der Waals surface area contributed by atoms with Crippen LogP contribution in [0.5, 0.6) is 5.75 Å². The van der Waals surface area contributed by atoms with Gasteiger partial charge >= 0.3 is 0 Å². The number of ether oxygens (including phenoxy) is 1. The molecule has 0 atom stereocenters. The molecule has 1 aromatic carbocycles. The first-order chi connectivity index (χ1) is 14.6. The lowest BCUT2D eigenvalue weighted by atomic mass is 10.2. The van der Waals surface area contributed by atoms with E-state index in [-0.39, 0.29) is 12.5 Å². The van der Waals surface area contributed by atoms with Crippen molar-refractivity contribution in [1.82, 2.24) is 15.1 Å². The normalized spacial score (nSPS) is 14.6. The van der Waals surface area contributed by atoms with Gasteiger partial charge in [-0.1, -0.05) is 12.1 Å². The molecule has 0 spiro atoms. The summed E-state index contributed by atoms with van der Waals surface area (Å²) < 4.78 is 5.35. The summed E-state index contributed by atoms with van der Waals surface area (Å²) in [6.07, 6.45) is 0.947. The summed E-state index contributed by atoms with van der Waals surface area (Å²) in [7, 11) is 5.21. The van der Waals surface area contributed by atoms with Crippen molar-refractivity contribution in [3.8, 4) is 5.75 Å². The van der Waals surface area contributed by atoms with Gasteiger partial charge in [0, 0.05) is 63.5 Å². The fourth-order valence-electron chi connectivity index (χ4n) is 3.29. The van der Waals surface area contributed by atoms with Crippen LogP contribution in [0.15, 0.2) is 46.8 Å². The van der Waals surface area contributed by atoms with Crippen LogP contribution in [0.2, 0.25) is 0 Å². The molecule has 0 aliphatic carbocycles. The van der Waals surface area contributed by atoms with Gasteiger partial charge in [0.05, 0.1) is 7.11 Å². The molecule has 1 aliphatic rings. The Bertz CT molecular complexity index is 830. The molecule has 0 radical (unpaired) electrons. The third-order valence-corrected chi connectivity index (χ3v) is 6.03. The van der Waals surface area contributed by atoms with Crippen LogP contribution in [0.1, 0.15) is 4.88 Å². The van der Waals surface area contributed by atoms with Crippen molar-refractivity contribution in [3.63, 3.8) is 0 Å². The van der Waals surface area contributed by atoms with Crippen LogP contribution < -0.4 is 15.0 Å². The van der Waals surface area contributed by atoms with Crippen molar-refractivity contribution in [2.75, 3.05) is 65.4 Å². The van der Waals surface area contributed by atoms with E-state index >= 15 is 0 Å². The first kappa shape index (κ1) is 22.0. The molecule has 0 saturated carbocycles. The van der Waals surface area contributed by atoms with Crippen molar-refractivity contribution in [2.45, 2.75) is 6.42 Å². The van der Waals surface area contributed by atoms with Crippen molar-refractivity contribution in [2.24, 2.45) is 4.99 Å². The smallest absolute Gasteiger partial charge is 0.243 e. The van der Waals surface area contributed by atoms with Crippen LogP contribution in [0, 0.1) is 0 Å². The Kier molecular flexibility index (Phi) is 7.96. The van der Waals surface area contributed by atoms with Crippen LogP contribution in [0.4, 0.5) is 5.69 Å². The summed E-state index contributed by atoms with van der Waals surface area (Å²) in [5, 5.41) is 5.56. The molecule has 162 valence electrons. The number of likely N-dealkylation sites (N-methyl/N-ethyl adjacent to an activating group) is 1. The Balaban J connectivity index is 1.61. The molecule has 0 unspecified atom stereocenters. The average molecular weight is 430 g/mol. The van der Waals surface area contributed by atoms with Crippen molar-refractivity contribution >= 4 is 28.9 Å². The maximum absolute atomic E-state index is 12.0. The summed E-state index contributed by atoms with van der Waals surface area (Å²) in [5.74, 6) is 1.68. The third-order valence-electron chi connectivity index (χ3n) is 5.10. The molecular weight excluding hydrogens is 398 g/mol. The highest BCUT2D eigenvalue weighted by atomic mass is 32.1. The van der Waals surface area contributed by atoms with Gasteiger partial charge in [-0.15, -0.1) is 11.3 Å². The molecule has 1 aromatic heterocycles. The monoisotopic (exact) mass is 429 g/mol. The Morgan fingerprint density at radius 1 is 1.20 bits per heavy atom. The zero-order valence-electron chi connectivity index (χ0n) is 18.0. The van der Waals surface area contributed by atoms with Crippen LogP contribution in [0.3, 0.4) is 0 Å². The van der Waals surface area contributed by atoms with E-state index in [0.717, 1.165) is 50.9 Å². The molecule has 1 amide bonds. The number of nitrogens with zero attached hydrogens (tertiary/aromatic N) is 4. The standard InChI is InChI=1S/C22H31N5O2S/c1-25(2)21(28)17-24-22(23-10-9-20-8-5-15-30-20)27-13-11-26(12-14-27)18-6-4-7-19(16-18)29-3/h4-8,15-16H,9-14,17H2,1-3H3,(H,23,24). The minimum atomic E-state index is 0.00238. The summed E-state index contributed by atoms with van der Waals surface area (Å²) in [4.78, 5) is 24.2. The molecule has 7 nitrogen and oxygen atoms in total. The number of nitrogens with one attached hydrogen (secondary N) is 1. The van der Waals surface area contributed by atoms with Crippen molar-refractivity contribution in [1.29, 1.82) is 0 Å². The number of benzene rings is 1. The van der Waals surface area contributed by atoms with E-state index < -0.39 is 0 Å². The predicted octanol–water partition coefficient (Wildman–Crippen LogP) is 2.16. The second-order valence-electron chi connectivity index (χ2n) is 7.36. The number of hydrogen-bond donors (Lipinski definition) is 1. The molecule has 0 bridgehead atoms. The number of carbonyl (C=O) groups excluding carboxylic acids is 1. The number of aliphatic imine (C=N–C) groups is 1. The Hall–Kier alpha value is -2.74. The fourth-order valence-corrected chi connectivity index (χ4v) is 4.00. The Morgan fingerprint density at radius 3 is 2.67 bits per heavy atom. The Labute approximate surface area is 183 Å². The van der Waals surface area contributed by atoms with E-state index in [1.54, 1.807) is 37.4 Å². The van der Waals surface area contributed by atoms with E-state index in [4.69, 9.17) is 4.74 Å². The zero-order chi connectivity index (χ0) is 21.3. The molecule has 2 aromatic rings. The summed E-state index contributed by atoms with van der Waals surface area (Å²) >= 11 is 1.76. The van der Waals surface area contributed by atoms with Gasteiger partial charge in [-0.3, -0.25) is 4.79 Å². The topological polar surface area (TPSA) is 60.4 Å². The highest BCUT2D eigenvalue weighted by Crippen LogP contribution is 2.22. The number of anilines is 1. The lowest BCUT2D eigenvalue weighted by Crippen LogP contribution is -2.53. The maximum Gasteiger partial charge on any atom is 0.243 e. The van der Waals surface area contributed by atoms with Crippen LogP contribution in [-0.4, -0.2) is 82.1 Å². The lowest BCUT2D eigenvalue weighted by Gasteiger charge is -2.38. The maximum atomic E-state index is 12.0. The van der Waals surface area contributed by atoms with Gasteiger partial charge in [0.15, 0.2) is 5.96 Å². The molecule has 8 heteroatoms. The van der Waals surface area contributed by atoms with Gasteiger partial charge in [-0.25, -0.2) is 4.99 Å². The van der Waals surface area contributed by atoms with Crippen molar-refractivity contribution < 1.29 is 9.53 Å². The largest absolute Gasteiger partial charge is 0.497 e. The zero-order valence-corrected chi connectivity index (χ0v) is 18.8. The molecular formula is C22H31N5O2S. The number of hydrogen-bond acceptors (Lipinski definition) is 5. The van der Waals surface area contributed by atoms with E-state index in [1.807, 2.05) is 12.1 Å². The highest BCUT2D eigenvalue weighted by molar-refractivity contribution is 7.09. The minimum Gasteiger partial charge on any atom is -0.497 e. The van der Waals surface area contributed by atoms with Crippen LogP contribution in [-0.2, 0) is 11.2 Å². The van der Waals surface area contributed by atoms with Gasteiger partial charge in [0.2, 0.25) is 5.91 Å². The lowest BCUT2D eigenvalue weighted by molar-refractivity contribution is -0.127. The molecule has 1 fully saturated rings. The van der Waals surface area contributed by atoms with Gasteiger partial charge in [0.1, 0.15) is 12.3 Å². The second-order valence-corrected chi connectivity index (χ2v) is 8.39. The summed E-state index contributed by atoms with van der Waals surface area (Å²) in [6.45, 7) is 4.42. The van der Waals surface area contributed by atoms with E-state index in [2.05, 4.69) is 49.8 Å². The fraction of sp³-hybridized carbons (Fsp3) is 0.455. The number of amides is 1. The van der Waals surface area contributed by atoms with Gasteiger partial charge in [-0.05, 0) is 30.0 Å². The first-order valence-electron chi connectivity index (χ1n) is 10.2. The first-order valence-corrected chi connectivity index (χ1v) is 11.1. The third kappa shape index (κ3) is 6.13. The van der Waals surface area contributed by atoms with Gasteiger partial charge in [0.25, 0.3) is 0 Å². The van der Waals surface area contributed by atoms with Crippen molar-refractivity contribution in [3.05, 3.63) is 46.7 Å². The molecule has 3 rings (SSSR count). The van der Waals surface area contributed by atoms with E-state index in [0.29, 0.717) is 0 Å². The van der Waals surface area contributed by atoms with Gasteiger partial charge in [-0.2, -0.15) is 0 Å². The number of rotatable bonds is 7. The quantitative estimate of drug-likeness (QED) is 0.540. The molecule has 1 N–H and O–H groups in total. The predicted molar refractivity (Wildman–Crippen MR) is 124 cm³/mol. The summed E-state index contributed by atoms with van der Waals surface area (Å²) in [5.41, 5.74) is 1.17. The number of methoxy groups -OCH3 is 1. The van der Waals surface area contributed by atoms with Gasteiger partial charge < -0.3 is 24.8 Å². The second kappa shape index (κ2) is 10.9. The summed E-state index contributed by atoms with van der Waals surface area (Å²) in [6, 6.07) is 12.4. The molecule has 1 saturated heterocycles. The highest BCUT2D eigenvalue weighted by Gasteiger charge is 2.20.